The van der Waals surface area contributed by atoms with E-state index >= 15 is 0 Å². The van der Waals surface area contributed by atoms with Crippen LogP contribution in [0.15, 0.2) is 24.3 Å². The predicted molar refractivity (Wildman–Crippen MR) is 72.2 cm³/mol. The maximum Gasteiger partial charge on any atom is 0.338 e. The fourth-order valence-electron chi connectivity index (χ4n) is 1.61. The summed E-state index contributed by atoms with van der Waals surface area (Å²) in [6.45, 7) is -0.217. The van der Waals surface area contributed by atoms with Gasteiger partial charge < -0.3 is 15.0 Å². The van der Waals surface area contributed by atoms with E-state index in [1.807, 2.05) is 31.1 Å². The molecule has 1 fully saturated rings. The van der Waals surface area contributed by atoms with Crippen molar-refractivity contribution >= 4 is 17.6 Å². The molecule has 19 heavy (non-hydrogen) atoms. The van der Waals surface area contributed by atoms with Gasteiger partial charge in [-0.15, -0.1) is 0 Å². The summed E-state index contributed by atoms with van der Waals surface area (Å²) in [4.78, 5) is 25.0. The number of carbonyl (C=O) groups excluding carboxylic acids is 2. The van der Waals surface area contributed by atoms with Crippen molar-refractivity contribution in [2.45, 2.75) is 18.9 Å². The molecular formula is C14H18N2O3. The molecule has 0 spiro atoms. The van der Waals surface area contributed by atoms with Gasteiger partial charge in [0.05, 0.1) is 5.56 Å². The Bertz CT molecular complexity index is 464. The second-order valence-corrected chi connectivity index (χ2v) is 4.86. The number of amides is 1. The Morgan fingerprint density at radius 3 is 2.42 bits per heavy atom. The van der Waals surface area contributed by atoms with Crippen molar-refractivity contribution in [3.05, 3.63) is 29.8 Å². The molecule has 1 aliphatic carbocycles. The Kier molecular flexibility index (Phi) is 4.04. The fraction of sp³-hybridized carbons (Fsp3) is 0.429. The highest BCUT2D eigenvalue weighted by Crippen LogP contribution is 2.18. The Morgan fingerprint density at radius 2 is 1.89 bits per heavy atom. The van der Waals surface area contributed by atoms with Crippen LogP contribution in [0, 0.1) is 0 Å². The van der Waals surface area contributed by atoms with Crippen molar-refractivity contribution in [1.82, 2.24) is 5.32 Å². The Balaban J connectivity index is 1.83. The smallest absolute Gasteiger partial charge is 0.338 e. The third-order valence-electron chi connectivity index (χ3n) is 2.90. The fourth-order valence-corrected chi connectivity index (χ4v) is 1.61. The molecule has 1 saturated carbocycles. The van der Waals surface area contributed by atoms with Gasteiger partial charge in [-0.25, -0.2) is 4.79 Å². The van der Waals surface area contributed by atoms with Crippen LogP contribution >= 0.6 is 0 Å². The summed E-state index contributed by atoms with van der Waals surface area (Å²) in [6.07, 6.45) is 2.04. The summed E-state index contributed by atoms with van der Waals surface area (Å²) in [5.41, 5.74) is 1.45. The number of esters is 1. The van der Waals surface area contributed by atoms with Crippen LogP contribution in [-0.4, -0.2) is 38.6 Å². The van der Waals surface area contributed by atoms with E-state index in [9.17, 15) is 9.59 Å². The standard InChI is InChI=1S/C14H18N2O3/c1-16(2)12-7-3-10(4-8-12)14(18)19-9-13(17)15-11-5-6-11/h3-4,7-8,11H,5-6,9H2,1-2H3,(H,15,17). The maximum atomic E-state index is 11.7. The first kappa shape index (κ1) is 13.4. The quantitative estimate of drug-likeness (QED) is 0.810. The second kappa shape index (κ2) is 5.73. The number of benzene rings is 1. The zero-order chi connectivity index (χ0) is 13.8. The average molecular weight is 262 g/mol. The zero-order valence-electron chi connectivity index (χ0n) is 11.2. The number of hydrogen-bond donors (Lipinski definition) is 1. The van der Waals surface area contributed by atoms with Gasteiger partial charge >= 0.3 is 5.97 Å². The number of carbonyl (C=O) groups is 2. The van der Waals surface area contributed by atoms with Crippen molar-refractivity contribution < 1.29 is 14.3 Å². The van der Waals surface area contributed by atoms with Crippen molar-refractivity contribution in [2.75, 3.05) is 25.6 Å². The van der Waals surface area contributed by atoms with Gasteiger partial charge in [-0.2, -0.15) is 0 Å². The molecule has 0 heterocycles. The van der Waals surface area contributed by atoms with Gasteiger partial charge in [-0.3, -0.25) is 4.79 Å². The first-order chi connectivity index (χ1) is 9.06. The second-order valence-electron chi connectivity index (χ2n) is 4.86. The van der Waals surface area contributed by atoms with Crippen LogP contribution in [-0.2, 0) is 9.53 Å². The van der Waals surface area contributed by atoms with E-state index in [0.29, 0.717) is 5.56 Å². The molecule has 102 valence electrons. The van der Waals surface area contributed by atoms with Crippen molar-refractivity contribution in [3.8, 4) is 0 Å². The minimum Gasteiger partial charge on any atom is -0.452 e. The lowest BCUT2D eigenvalue weighted by atomic mass is 10.2. The molecule has 0 aromatic heterocycles. The summed E-state index contributed by atoms with van der Waals surface area (Å²) in [5.74, 6) is -0.711. The van der Waals surface area contributed by atoms with Gasteiger partial charge in [0, 0.05) is 25.8 Å². The van der Waals surface area contributed by atoms with E-state index in [4.69, 9.17) is 4.74 Å². The molecule has 0 bridgehead atoms. The van der Waals surface area contributed by atoms with Crippen molar-refractivity contribution in [3.63, 3.8) is 0 Å². The highest BCUT2D eigenvalue weighted by atomic mass is 16.5. The minimum absolute atomic E-state index is 0.217. The third kappa shape index (κ3) is 3.98. The summed E-state index contributed by atoms with van der Waals surface area (Å²) in [5, 5.41) is 2.76. The molecule has 0 saturated heterocycles. The minimum atomic E-state index is -0.476. The zero-order valence-corrected chi connectivity index (χ0v) is 11.2. The van der Waals surface area contributed by atoms with Crippen LogP contribution in [0.25, 0.3) is 0 Å². The molecule has 5 nitrogen and oxygen atoms in total. The lowest BCUT2D eigenvalue weighted by Crippen LogP contribution is -2.30. The van der Waals surface area contributed by atoms with Crippen LogP contribution < -0.4 is 10.2 Å². The highest BCUT2D eigenvalue weighted by molar-refractivity contribution is 5.91. The predicted octanol–water partition coefficient (Wildman–Crippen LogP) is 1.19. The molecule has 1 N–H and O–H groups in total. The lowest BCUT2D eigenvalue weighted by Gasteiger charge is -2.12. The third-order valence-corrected chi connectivity index (χ3v) is 2.90. The van der Waals surface area contributed by atoms with Gasteiger partial charge in [0.2, 0.25) is 0 Å². The van der Waals surface area contributed by atoms with Crippen LogP contribution in [0.1, 0.15) is 23.2 Å². The number of nitrogens with zero attached hydrogens (tertiary/aromatic N) is 1. The molecule has 1 aromatic rings. The van der Waals surface area contributed by atoms with Crippen LogP contribution in [0.3, 0.4) is 0 Å². The SMILES string of the molecule is CN(C)c1ccc(C(=O)OCC(=O)NC2CC2)cc1. The summed E-state index contributed by atoms with van der Waals surface area (Å²) in [7, 11) is 3.85. The summed E-state index contributed by atoms with van der Waals surface area (Å²) < 4.78 is 4.95. The average Bonchev–Trinajstić information content (AvgIpc) is 3.20. The van der Waals surface area contributed by atoms with Gasteiger partial charge in [-0.05, 0) is 37.1 Å². The molecule has 0 atom stereocenters. The van der Waals surface area contributed by atoms with Crippen molar-refractivity contribution in [2.24, 2.45) is 0 Å². The summed E-state index contributed by atoms with van der Waals surface area (Å²) in [6, 6.07) is 7.33. The first-order valence-electron chi connectivity index (χ1n) is 6.30. The molecule has 1 amide bonds. The first-order valence-corrected chi connectivity index (χ1v) is 6.30. The molecule has 5 heteroatoms. The topological polar surface area (TPSA) is 58.6 Å². The van der Waals surface area contributed by atoms with Crippen LogP contribution in [0.4, 0.5) is 5.69 Å². The number of hydrogen-bond acceptors (Lipinski definition) is 4. The molecular weight excluding hydrogens is 244 g/mol. The highest BCUT2D eigenvalue weighted by Gasteiger charge is 2.23. The maximum absolute atomic E-state index is 11.7. The number of rotatable bonds is 5. The van der Waals surface area contributed by atoms with Gasteiger partial charge in [0.25, 0.3) is 5.91 Å². The molecule has 1 aromatic carbocycles. The summed E-state index contributed by atoms with van der Waals surface area (Å²) >= 11 is 0. The largest absolute Gasteiger partial charge is 0.452 e. The monoisotopic (exact) mass is 262 g/mol. The van der Waals surface area contributed by atoms with E-state index < -0.39 is 5.97 Å². The Hall–Kier alpha value is -2.04. The van der Waals surface area contributed by atoms with Crippen molar-refractivity contribution in [1.29, 1.82) is 0 Å². The van der Waals surface area contributed by atoms with Crippen LogP contribution in [0.5, 0.6) is 0 Å². The van der Waals surface area contributed by atoms with E-state index in [1.165, 1.54) is 0 Å². The molecule has 0 radical (unpaired) electrons. The van der Waals surface area contributed by atoms with Gasteiger partial charge in [0.1, 0.15) is 0 Å². The Labute approximate surface area is 112 Å². The van der Waals surface area contributed by atoms with E-state index in [0.717, 1.165) is 18.5 Å². The van der Waals surface area contributed by atoms with E-state index in [-0.39, 0.29) is 18.6 Å². The van der Waals surface area contributed by atoms with Gasteiger partial charge in [0.15, 0.2) is 6.61 Å². The van der Waals surface area contributed by atoms with E-state index in [1.54, 1.807) is 12.1 Å². The Morgan fingerprint density at radius 1 is 1.26 bits per heavy atom. The number of anilines is 1. The lowest BCUT2D eigenvalue weighted by molar-refractivity contribution is -0.124. The molecule has 1 aliphatic rings. The number of ether oxygens (including phenoxy) is 1. The van der Waals surface area contributed by atoms with Gasteiger partial charge in [-0.1, -0.05) is 0 Å². The molecule has 2 rings (SSSR count). The van der Waals surface area contributed by atoms with E-state index in [2.05, 4.69) is 5.32 Å². The van der Waals surface area contributed by atoms with Crippen LogP contribution in [0.2, 0.25) is 0 Å². The number of nitrogens with one attached hydrogen (secondary N) is 1. The molecule has 0 aliphatic heterocycles. The molecule has 0 unspecified atom stereocenters. The normalized spacial score (nSPS) is 13.8.